The molecule has 0 saturated heterocycles. The second-order valence-corrected chi connectivity index (χ2v) is 6.10. The molecule has 1 amide bonds. The van der Waals surface area contributed by atoms with Crippen molar-refractivity contribution in [2.24, 2.45) is 5.92 Å². The minimum atomic E-state index is -0.991. The summed E-state index contributed by atoms with van der Waals surface area (Å²) >= 11 is 5.78. The standard InChI is InChI=1S/C15H21NO3S2/c1-21-8-7-13(15(18)19)16-14(17)12(10-20)9-11-5-3-2-4-6-11/h2-6,12-13,20H,7-10H2,1H3,(H,16,17)(H,18,19)/t12?,13-/m0/s1. The van der Waals surface area contributed by atoms with Crippen LogP contribution in [-0.2, 0) is 16.0 Å². The number of aliphatic carboxylic acids is 1. The van der Waals surface area contributed by atoms with Gasteiger partial charge in [-0.1, -0.05) is 30.3 Å². The third-order valence-corrected chi connectivity index (χ3v) is 4.23. The van der Waals surface area contributed by atoms with Crippen molar-refractivity contribution in [1.82, 2.24) is 5.32 Å². The first-order valence-electron chi connectivity index (χ1n) is 6.75. The molecule has 0 spiro atoms. The molecule has 4 nitrogen and oxygen atoms in total. The predicted octanol–water partition coefficient (Wildman–Crippen LogP) is 2.10. The fraction of sp³-hybridized carbons (Fsp3) is 0.467. The zero-order valence-corrected chi connectivity index (χ0v) is 13.7. The summed E-state index contributed by atoms with van der Waals surface area (Å²) in [5, 5.41) is 11.8. The van der Waals surface area contributed by atoms with Gasteiger partial charge < -0.3 is 10.4 Å². The summed E-state index contributed by atoms with van der Waals surface area (Å²) in [6, 6.07) is 8.83. The number of hydrogen-bond acceptors (Lipinski definition) is 4. The summed E-state index contributed by atoms with van der Waals surface area (Å²) in [5.74, 6) is -0.485. The first-order valence-corrected chi connectivity index (χ1v) is 8.78. The highest BCUT2D eigenvalue weighted by Crippen LogP contribution is 2.11. The second kappa shape index (κ2) is 9.73. The van der Waals surface area contributed by atoms with Crippen LogP contribution in [0.1, 0.15) is 12.0 Å². The Balaban J connectivity index is 2.62. The Labute approximate surface area is 135 Å². The number of nitrogens with one attached hydrogen (secondary N) is 1. The van der Waals surface area contributed by atoms with Crippen LogP contribution in [0.3, 0.4) is 0 Å². The van der Waals surface area contributed by atoms with Crippen molar-refractivity contribution in [2.45, 2.75) is 18.9 Å². The number of rotatable bonds is 9. The Bertz CT molecular complexity index is 453. The van der Waals surface area contributed by atoms with Crippen LogP contribution < -0.4 is 5.32 Å². The van der Waals surface area contributed by atoms with Gasteiger partial charge in [0, 0.05) is 5.75 Å². The third-order valence-electron chi connectivity index (χ3n) is 3.14. The second-order valence-electron chi connectivity index (χ2n) is 4.75. The van der Waals surface area contributed by atoms with Crippen LogP contribution in [0.4, 0.5) is 0 Å². The van der Waals surface area contributed by atoms with Crippen LogP contribution >= 0.6 is 24.4 Å². The van der Waals surface area contributed by atoms with E-state index in [9.17, 15) is 9.59 Å². The Morgan fingerprint density at radius 1 is 1.33 bits per heavy atom. The van der Waals surface area contributed by atoms with Gasteiger partial charge in [-0.25, -0.2) is 4.79 Å². The minimum absolute atomic E-state index is 0.248. The van der Waals surface area contributed by atoms with Gasteiger partial charge >= 0.3 is 5.97 Å². The van der Waals surface area contributed by atoms with Crippen LogP contribution in [0.2, 0.25) is 0 Å². The van der Waals surface area contributed by atoms with Crippen LogP contribution in [-0.4, -0.2) is 40.8 Å². The van der Waals surface area contributed by atoms with Crippen LogP contribution in [0.15, 0.2) is 30.3 Å². The minimum Gasteiger partial charge on any atom is -0.480 e. The smallest absolute Gasteiger partial charge is 0.326 e. The van der Waals surface area contributed by atoms with Crippen molar-refractivity contribution in [1.29, 1.82) is 0 Å². The van der Waals surface area contributed by atoms with Gasteiger partial charge in [-0.3, -0.25) is 4.79 Å². The Hall–Kier alpha value is -1.14. The van der Waals surface area contributed by atoms with Gasteiger partial charge in [0.25, 0.3) is 0 Å². The van der Waals surface area contributed by atoms with Crippen molar-refractivity contribution < 1.29 is 14.7 Å². The fourth-order valence-corrected chi connectivity index (χ4v) is 2.69. The molecule has 0 aliphatic rings. The summed E-state index contributed by atoms with van der Waals surface area (Å²) in [4.78, 5) is 23.4. The Morgan fingerprint density at radius 2 is 2.00 bits per heavy atom. The lowest BCUT2D eigenvalue weighted by atomic mass is 9.99. The summed E-state index contributed by atoms with van der Waals surface area (Å²) < 4.78 is 0. The molecule has 0 aliphatic heterocycles. The lowest BCUT2D eigenvalue weighted by Gasteiger charge is -2.19. The van der Waals surface area contributed by atoms with Crippen molar-refractivity contribution in [3.05, 3.63) is 35.9 Å². The molecular weight excluding hydrogens is 306 g/mol. The average molecular weight is 327 g/mol. The highest BCUT2D eigenvalue weighted by Gasteiger charge is 2.24. The molecule has 0 heterocycles. The third kappa shape index (κ3) is 6.44. The number of amides is 1. The van der Waals surface area contributed by atoms with Crippen molar-refractivity contribution in [3.63, 3.8) is 0 Å². The van der Waals surface area contributed by atoms with Crippen molar-refractivity contribution >= 4 is 36.3 Å². The normalized spacial score (nSPS) is 13.4. The van der Waals surface area contributed by atoms with Crippen molar-refractivity contribution in [3.8, 4) is 0 Å². The molecule has 0 radical (unpaired) electrons. The van der Waals surface area contributed by atoms with Crippen LogP contribution in [0.25, 0.3) is 0 Å². The first kappa shape index (κ1) is 17.9. The largest absolute Gasteiger partial charge is 0.480 e. The number of carbonyl (C=O) groups is 2. The van der Waals surface area contributed by atoms with Gasteiger partial charge in [0.15, 0.2) is 0 Å². The predicted molar refractivity (Wildman–Crippen MR) is 90.1 cm³/mol. The lowest BCUT2D eigenvalue weighted by molar-refractivity contribution is -0.142. The number of hydrogen-bond donors (Lipinski definition) is 3. The number of thioether (sulfide) groups is 1. The number of carboxylic acids is 1. The van der Waals surface area contributed by atoms with E-state index in [0.717, 1.165) is 5.56 Å². The Kier molecular flexibility index (Phi) is 8.30. The molecule has 1 unspecified atom stereocenters. The average Bonchev–Trinajstić information content (AvgIpc) is 2.49. The van der Waals surface area contributed by atoms with Gasteiger partial charge in [0.2, 0.25) is 5.91 Å². The SMILES string of the molecule is CSCC[C@H](NC(=O)C(CS)Cc1ccccc1)C(=O)O. The number of carbonyl (C=O) groups excluding carboxylic acids is 1. The maximum Gasteiger partial charge on any atom is 0.326 e. The zero-order chi connectivity index (χ0) is 15.7. The summed E-state index contributed by atoms with van der Waals surface area (Å²) in [6.07, 6.45) is 2.89. The molecule has 1 rings (SSSR count). The van der Waals surface area contributed by atoms with Crippen molar-refractivity contribution in [2.75, 3.05) is 17.8 Å². The molecule has 1 aromatic carbocycles. The molecule has 0 fully saturated rings. The molecule has 0 saturated carbocycles. The molecular formula is C15H21NO3S2. The van der Waals surface area contributed by atoms with Gasteiger partial charge in [-0.2, -0.15) is 24.4 Å². The molecule has 0 aliphatic carbocycles. The summed E-state index contributed by atoms with van der Waals surface area (Å²) in [5.41, 5.74) is 1.04. The molecule has 0 bridgehead atoms. The zero-order valence-electron chi connectivity index (χ0n) is 12.0. The molecule has 2 N–H and O–H groups in total. The van der Waals surface area contributed by atoms with E-state index < -0.39 is 12.0 Å². The number of thiol groups is 1. The van der Waals surface area contributed by atoms with Gasteiger partial charge in [0.05, 0.1) is 5.92 Å². The summed E-state index contributed by atoms with van der Waals surface area (Å²) in [6.45, 7) is 0. The summed E-state index contributed by atoms with van der Waals surface area (Å²) in [7, 11) is 0. The van der Waals surface area contributed by atoms with E-state index in [0.29, 0.717) is 24.3 Å². The molecule has 6 heteroatoms. The van der Waals surface area contributed by atoms with E-state index in [2.05, 4.69) is 17.9 Å². The quantitative estimate of drug-likeness (QED) is 0.608. The number of benzene rings is 1. The highest BCUT2D eigenvalue weighted by molar-refractivity contribution is 7.98. The van der Waals surface area contributed by atoms with E-state index in [-0.39, 0.29) is 11.8 Å². The topological polar surface area (TPSA) is 66.4 Å². The molecule has 0 aromatic heterocycles. The van der Waals surface area contributed by atoms with E-state index >= 15 is 0 Å². The molecule has 1 aromatic rings. The first-order chi connectivity index (χ1) is 10.1. The highest BCUT2D eigenvalue weighted by atomic mass is 32.2. The monoisotopic (exact) mass is 327 g/mol. The Morgan fingerprint density at radius 3 is 2.52 bits per heavy atom. The van der Waals surface area contributed by atoms with Crippen LogP contribution in [0, 0.1) is 5.92 Å². The maximum absolute atomic E-state index is 12.2. The van der Waals surface area contributed by atoms with Gasteiger partial charge in [-0.15, -0.1) is 0 Å². The van der Waals surface area contributed by atoms with E-state index in [4.69, 9.17) is 5.11 Å². The molecule has 116 valence electrons. The molecule has 2 atom stereocenters. The lowest BCUT2D eigenvalue weighted by Crippen LogP contribution is -2.44. The van der Waals surface area contributed by atoms with E-state index in [1.165, 1.54) is 0 Å². The fourth-order valence-electron chi connectivity index (χ4n) is 1.92. The van der Waals surface area contributed by atoms with E-state index in [1.54, 1.807) is 11.8 Å². The van der Waals surface area contributed by atoms with Gasteiger partial charge in [-0.05, 0) is 30.4 Å². The number of carboxylic acid groups (broad SMARTS) is 1. The molecule has 21 heavy (non-hydrogen) atoms. The van der Waals surface area contributed by atoms with Gasteiger partial charge in [0.1, 0.15) is 6.04 Å². The van der Waals surface area contributed by atoms with E-state index in [1.807, 2.05) is 36.6 Å². The van der Waals surface area contributed by atoms with Crippen LogP contribution in [0.5, 0.6) is 0 Å². The maximum atomic E-state index is 12.2.